The summed E-state index contributed by atoms with van der Waals surface area (Å²) in [5.74, 6) is 3.79. The van der Waals surface area contributed by atoms with Gasteiger partial charge in [-0.15, -0.1) is 0 Å². The molecule has 10 rings (SSSR count). The summed E-state index contributed by atoms with van der Waals surface area (Å²) < 4.78 is 15.3. The van der Waals surface area contributed by atoms with Crippen LogP contribution in [-0.4, -0.2) is 42.6 Å². The van der Waals surface area contributed by atoms with Crippen LogP contribution >= 0.6 is 0 Å². The zero-order valence-electron chi connectivity index (χ0n) is 33.9. The maximum atomic E-state index is 12.5. The Balaban J connectivity index is 0.973. The highest BCUT2D eigenvalue weighted by molar-refractivity contribution is 5.91. The normalized spacial score (nSPS) is 24.4. The van der Waals surface area contributed by atoms with E-state index in [1.54, 1.807) is 0 Å². The third-order valence-electron chi connectivity index (χ3n) is 12.9. The Labute approximate surface area is 340 Å². The first-order chi connectivity index (χ1) is 28.2. The van der Waals surface area contributed by atoms with Gasteiger partial charge in [-0.2, -0.15) is 0 Å². The molecule has 5 unspecified atom stereocenters. The third kappa shape index (κ3) is 7.18. The summed E-state index contributed by atoms with van der Waals surface area (Å²) in [4.78, 5) is 29.6. The lowest BCUT2D eigenvalue weighted by Crippen LogP contribution is -2.27. The van der Waals surface area contributed by atoms with Gasteiger partial charge in [0.05, 0.1) is 41.0 Å². The molecule has 58 heavy (non-hydrogen) atoms. The number of allylic oxidation sites excluding steroid dienone is 6. The van der Waals surface area contributed by atoms with E-state index in [1.807, 2.05) is 33.2 Å². The molecule has 1 saturated carbocycles. The Morgan fingerprint density at radius 2 is 1.78 bits per heavy atom. The Bertz CT molecular complexity index is 2460. The highest BCUT2D eigenvalue weighted by Gasteiger charge is 2.36. The number of rotatable bonds is 9. The van der Waals surface area contributed by atoms with Crippen LogP contribution in [0.1, 0.15) is 132 Å². The topological polar surface area (TPSA) is 110 Å². The van der Waals surface area contributed by atoms with Crippen LogP contribution in [0.25, 0.3) is 38.9 Å². The van der Waals surface area contributed by atoms with E-state index in [2.05, 4.69) is 98.8 Å². The van der Waals surface area contributed by atoms with E-state index in [4.69, 9.17) is 19.4 Å². The summed E-state index contributed by atoms with van der Waals surface area (Å²) in [6.07, 6.45) is 22.7. The maximum absolute atomic E-state index is 12.5. The molecule has 2 fully saturated rings. The summed E-state index contributed by atoms with van der Waals surface area (Å²) in [7, 11) is 0. The fourth-order valence-electron chi connectivity index (χ4n) is 10.1. The Kier molecular flexibility index (Phi) is 9.59. The lowest BCUT2D eigenvalue weighted by atomic mass is 9.88. The number of carbonyl (C=O) groups excluding carboxylic acids is 1. The lowest BCUT2D eigenvalue weighted by Gasteiger charge is -2.37. The molecule has 5 aromatic rings. The number of fused-ring (bicyclic) bond motifs is 4. The summed E-state index contributed by atoms with van der Waals surface area (Å²) in [6.45, 7) is 6.83. The number of hydrogen-bond acceptors (Lipinski definition) is 6. The highest BCUT2D eigenvalue weighted by Crippen LogP contribution is 2.48. The molecule has 5 aliphatic rings. The van der Waals surface area contributed by atoms with Crippen molar-refractivity contribution in [1.82, 2.24) is 29.8 Å². The first-order valence-corrected chi connectivity index (χ1v) is 21.5. The molecule has 2 aliphatic heterocycles. The van der Waals surface area contributed by atoms with Gasteiger partial charge < -0.3 is 29.3 Å². The van der Waals surface area contributed by atoms with Gasteiger partial charge in [0, 0.05) is 34.8 Å². The number of nitrogens with zero attached hydrogens (tertiary/aromatic N) is 3. The van der Waals surface area contributed by atoms with Gasteiger partial charge in [-0.25, -0.2) is 9.97 Å². The monoisotopic (exact) mass is 774 g/mol. The van der Waals surface area contributed by atoms with Gasteiger partial charge in [0.15, 0.2) is 6.23 Å². The number of H-pyrrole nitrogens is 2. The van der Waals surface area contributed by atoms with Crippen LogP contribution in [0.2, 0.25) is 0 Å². The summed E-state index contributed by atoms with van der Waals surface area (Å²) in [5, 5.41) is 4.77. The van der Waals surface area contributed by atoms with E-state index in [-0.39, 0.29) is 18.1 Å². The van der Waals surface area contributed by atoms with Crippen molar-refractivity contribution in [1.29, 1.82) is 0 Å². The maximum Gasteiger partial charge on any atom is 0.306 e. The number of benzene rings is 2. The van der Waals surface area contributed by atoms with Crippen LogP contribution in [0.3, 0.4) is 0 Å². The van der Waals surface area contributed by atoms with E-state index in [0.717, 1.165) is 92.3 Å². The van der Waals surface area contributed by atoms with Crippen molar-refractivity contribution in [2.24, 2.45) is 11.8 Å². The first-order valence-electron chi connectivity index (χ1n) is 21.5. The number of nitrogens with one attached hydrogen (secondary N) is 3. The summed E-state index contributed by atoms with van der Waals surface area (Å²) in [5.41, 5.74) is 10.1. The summed E-state index contributed by atoms with van der Waals surface area (Å²) >= 11 is 0. The van der Waals surface area contributed by atoms with Gasteiger partial charge in [0.1, 0.15) is 23.0 Å². The number of imidazole rings is 2. The molecule has 3 aromatic heterocycles. The lowest BCUT2D eigenvalue weighted by molar-refractivity contribution is -0.155. The number of hydrogen-bond donors (Lipinski definition) is 3. The van der Waals surface area contributed by atoms with Crippen LogP contribution in [0.5, 0.6) is 0 Å². The van der Waals surface area contributed by atoms with Crippen molar-refractivity contribution in [2.75, 3.05) is 6.54 Å². The van der Waals surface area contributed by atoms with Crippen LogP contribution in [-0.2, 0) is 14.3 Å². The molecule has 1 saturated heterocycles. The van der Waals surface area contributed by atoms with E-state index in [1.165, 1.54) is 45.3 Å². The Hall–Kier alpha value is -5.41. The molecule has 3 N–H and O–H groups in total. The number of aromatic nitrogens is 5. The van der Waals surface area contributed by atoms with Crippen molar-refractivity contribution in [3.8, 4) is 11.3 Å². The second-order valence-corrected chi connectivity index (χ2v) is 17.9. The van der Waals surface area contributed by atoms with Crippen molar-refractivity contribution >= 4 is 33.6 Å². The molecule has 5 heterocycles. The minimum absolute atomic E-state index is 0.113. The molecule has 0 radical (unpaired) electrons. The molecule has 3 aliphatic carbocycles. The molecule has 9 heteroatoms. The fourth-order valence-corrected chi connectivity index (χ4v) is 10.1. The van der Waals surface area contributed by atoms with E-state index < -0.39 is 5.60 Å². The second-order valence-electron chi connectivity index (χ2n) is 17.9. The van der Waals surface area contributed by atoms with Gasteiger partial charge in [0.2, 0.25) is 0 Å². The summed E-state index contributed by atoms with van der Waals surface area (Å²) in [6, 6.07) is 20.1. The molecule has 5 atom stereocenters. The highest BCUT2D eigenvalue weighted by atomic mass is 16.6. The third-order valence-corrected chi connectivity index (χ3v) is 12.9. The molecular formula is C49H54N6O3. The molecule has 2 aromatic carbocycles. The average molecular weight is 775 g/mol. The van der Waals surface area contributed by atoms with Crippen molar-refractivity contribution in [2.45, 2.75) is 109 Å². The molecule has 0 amide bonds. The van der Waals surface area contributed by atoms with Crippen molar-refractivity contribution in [3.63, 3.8) is 0 Å². The number of esters is 1. The second kappa shape index (κ2) is 15.1. The Morgan fingerprint density at radius 3 is 2.62 bits per heavy atom. The number of ether oxygens (including phenoxy) is 2. The largest absolute Gasteiger partial charge is 0.469 e. The predicted octanol–water partition coefficient (Wildman–Crippen LogP) is 11.0. The van der Waals surface area contributed by atoms with Crippen LogP contribution in [0.4, 0.5) is 0 Å². The van der Waals surface area contributed by atoms with Gasteiger partial charge in [-0.3, -0.25) is 4.79 Å². The van der Waals surface area contributed by atoms with Gasteiger partial charge in [-0.05, 0) is 126 Å². The predicted molar refractivity (Wildman–Crippen MR) is 229 cm³/mol. The zero-order chi connectivity index (χ0) is 39.4. The first kappa shape index (κ1) is 36.9. The van der Waals surface area contributed by atoms with Gasteiger partial charge >= 0.3 is 5.97 Å². The van der Waals surface area contributed by atoms with E-state index in [0.29, 0.717) is 24.3 Å². The van der Waals surface area contributed by atoms with Gasteiger partial charge in [-0.1, -0.05) is 61.0 Å². The minimum Gasteiger partial charge on any atom is -0.469 e. The van der Waals surface area contributed by atoms with Crippen molar-refractivity contribution in [3.05, 3.63) is 126 Å². The molecule has 0 bridgehead atoms. The molecule has 0 spiro atoms. The molecular weight excluding hydrogens is 721 g/mol. The molecule has 298 valence electrons. The number of carbonyl (C=O) groups is 1. The Morgan fingerprint density at radius 1 is 0.931 bits per heavy atom. The number of aromatic amines is 2. The van der Waals surface area contributed by atoms with Gasteiger partial charge in [0.25, 0.3) is 0 Å². The van der Waals surface area contributed by atoms with E-state index >= 15 is 0 Å². The zero-order valence-corrected chi connectivity index (χ0v) is 33.9. The van der Waals surface area contributed by atoms with Crippen LogP contribution < -0.4 is 5.32 Å². The smallest absolute Gasteiger partial charge is 0.306 e. The van der Waals surface area contributed by atoms with Crippen LogP contribution in [0.15, 0.2) is 97.1 Å². The SMILES string of the molecule is CC(C)(C)OC(=O)CCC1CCCC1c1ncc(-c2ccc3c(c2)cc2n3C(C3C=C(c4ccccc4)C=CC3)OC3=C2CCC(c2cnc(C4CCCN4)[nH]2)=C3)[nH]1. The average Bonchev–Trinajstić information content (AvgIpc) is 4.09. The van der Waals surface area contributed by atoms with Crippen LogP contribution in [0, 0.1) is 11.8 Å². The fraction of sp³-hybridized carbons (Fsp3) is 0.408. The minimum atomic E-state index is -0.458. The molecule has 9 nitrogen and oxygen atoms in total. The quantitative estimate of drug-likeness (QED) is 0.129. The van der Waals surface area contributed by atoms with E-state index in [9.17, 15) is 4.79 Å². The standard InChI is InChI=1S/C49H54N6O3/c1-49(2,3)58-45(56)22-19-31-12-8-15-37(31)46-51-28-40(53-46)33-18-21-42-36(25-33)26-43-38-20-17-34(41-29-52-47(54-41)39-16-9-23-50-39)27-44(38)57-48(55(42)43)35-14-7-13-32(24-35)30-10-5-4-6-11-30/h4-7,10-11,13,18,21,24-29,31,35,37,39,48,50H,8-9,12,14-17,19-20,22-23H2,1-3H3,(H,51,53)(H,52,54). The van der Waals surface area contributed by atoms with Crippen molar-refractivity contribution < 1.29 is 14.3 Å².